The number of aromatic nitrogens is 1. The van der Waals surface area contributed by atoms with Gasteiger partial charge in [0.2, 0.25) is 0 Å². The molecule has 3 rings (SSSR count). The molecule has 3 nitrogen and oxygen atoms in total. The van der Waals surface area contributed by atoms with Crippen molar-refractivity contribution in [2.75, 3.05) is 0 Å². The zero-order chi connectivity index (χ0) is 18.2. The minimum Gasteiger partial charge on any atom is -0.387 e. The molecule has 0 amide bonds. The fourth-order valence-electron chi connectivity index (χ4n) is 3.10. The molecule has 0 aliphatic heterocycles. The van der Waals surface area contributed by atoms with Crippen LogP contribution in [-0.4, -0.2) is 15.9 Å². The summed E-state index contributed by atoms with van der Waals surface area (Å²) in [6.45, 7) is 0. The van der Waals surface area contributed by atoms with Gasteiger partial charge in [0.25, 0.3) is 0 Å². The van der Waals surface area contributed by atoms with Crippen LogP contribution in [-0.2, 0) is 16.9 Å². The summed E-state index contributed by atoms with van der Waals surface area (Å²) in [5, 5.41) is 10.1. The Morgan fingerprint density at radius 1 is 1.32 bits per heavy atom. The van der Waals surface area contributed by atoms with E-state index in [9.17, 15) is 18.7 Å². The smallest absolute Gasteiger partial charge is 0.195 e. The van der Waals surface area contributed by atoms with E-state index in [0.29, 0.717) is 5.56 Å². The van der Waals surface area contributed by atoms with E-state index in [1.165, 1.54) is 12.1 Å². The van der Waals surface area contributed by atoms with Crippen molar-refractivity contribution in [3.63, 3.8) is 0 Å². The van der Waals surface area contributed by atoms with Crippen LogP contribution < -0.4 is 0 Å². The molecule has 7 heteroatoms. The quantitative estimate of drug-likeness (QED) is 0.878. The molecule has 1 N–H and O–H groups in total. The van der Waals surface area contributed by atoms with Gasteiger partial charge in [-0.25, -0.2) is 13.2 Å². The van der Waals surface area contributed by atoms with E-state index >= 15 is 4.39 Å². The summed E-state index contributed by atoms with van der Waals surface area (Å²) in [6.07, 6.45) is -0.430. The number of benzene rings is 1. The van der Waals surface area contributed by atoms with Crippen molar-refractivity contribution < 1.29 is 23.1 Å². The van der Waals surface area contributed by atoms with Crippen molar-refractivity contribution in [3.8, 4) is 0 Å². The monoisotopic (exact) mass is 369 g/mol. The highest BCUT2D eigenvalue weighted by atomic mass is 35.5. The maximum atomic E-state index is 15.4. The minimum atomic E-state index is -2.41. The lowest BCUT2D eigenvalue weighted by Gasteiger charge is -2.32. The predicted molar refractivity (Wildman–Crippen MR) is 85.9 cm³/mol. The molecule has 0 saturated heterocycles. The third-order valence-corrected chi connectivity index (χ3v) is 4.82. The number of carbonyl (C=O) groups excluding carboxylic acids is 1. The summed E-state index contributed by atoms with van der Waals surface area (Å²) in [7, 11) is 0. The highest BCUT2D eigenvalue weighted by Crippen LogP contribution is 2.43. The van der Waals surface area contributed by atoms with E-state index in [4.69, 9.17) is 11.6 Å². The third kappa shape index (κ3) is 3.41. The van der Waals surface area contributed by atoms with Crippen molar-refractivity contribution >= 4 is 17.4 Å². The first-order valence-electron chi connectivity index (χ1n) is 7.81. The number of rotatable bonds is 4. The zero-order valence-electron chi connectivity index (χ0n) is 13.1. The largest absolute Gasteiger partial charge is 0.387 e. The number of nitrogens with zero attached hydrogens (tertiary/aromatic N) is 1. The van der Waals surface area contributed by atoms with Crippen LogP contribution in [0.25, 0.3) is 0 Å². The lowest BCUT2D eigenvalue weighted by atomic mass is 9.77. The maximum absolute atomic E-state index is 15.4. The van der Waals surface area contributed by atoms with Gasteiger partial charge >= 0.3 is 0 Å². The Labute approximate surface area is 147 Å². The summed E-state index contributed by atoms with van der Waals surface area (Å²) in [4.78, 5) is 16.3. The van der Waals surface area contributed by atoms with Crippen LogP contribution in [0, 0.1) is 11.6 Å². The Morgan fingerprint density at radius 3 is 2.80 bits per heavy atom. The fourth-order valence-corrected chi connectivity index (χ4v) is 3.36. The number of ketones is 1. The van der Waals surface area contributed by atoms with E-state index in [1.54, 1.807) is 0 Å². The van der Waals surface area contributed by atoms with Gasteiger partial charge in [0.05, 0.1) is 18.0 Å². The van der Waals surface area contributed by atoms with Gasteiger partial charge in [0.15, 0.2) is 11.5 Å². The SMILES string of the molecule is O=C(CCc1ccc(F)cc1Cl)[C@]1(F)CC[C@H](O)c2ncc(F)cc21. The Kier molecular flexibility index (Phi) is 4.84. The summed E-state index contributed by atoms with van der Waals surface area (Å²) < 4.78 is 42.0. The van der Waals surface area contributed by atoms with Gasteiger partial charge in [-0.1, -0.05) is 17.7 Å². The number of pyridine rings is 1. The molecule has 1 aromatic carbocycles. The van der Waals surface area contributed by atoms with Crippen LogP contribution in [0.1, 0.15) is 42.2 Å². The number of aliphatic hydroxyl groups is 1. The highest BCUT2D eigenvalue weighted by Gasteiger charge is 2.46. The number of hydrogen-bond acceptors (Lipinski definition) is 3. The molecule has 0 spiro atoms. The van der Waals surface area contributed by atoms with Crippen LogP contribution in [0.2, 0.25) is 5.02 Å². The van der Waals surface area contributed by atoms with Gasteiger partial charge in [-0.2, -0.15) is 0 Å². The number of aliphatic hydroxyl groups excluding tert-OH is 1. The first kappa shape index (κ1) is 17.9. The summed E-state index contributed by atoms with van der Waals surface area (Å²) in [5.74, 6) is -2.02. The van der Waals surface area contributed by atoms with Crippen molar-refractivity contribution in [1.29, 1.82) is 0 Å². The molecule has 0 radical (unpaired) electrons. The lowest BCUT2D eigenvalue weighted by Crippen LogP contribution is -2.37. The van der Waals surface area contributed by atoms with Crippen LogP contribution in [0.15, 0.2) is 30.5 Å². The molecule has 0 fully saturated rings. The van der Waals surface area contributed by atoms with E-state index in [-0.39, 0.29) is 42.0 Å². The topological polar surface area (TPSA) is 50.2 Å². The minimum absolute atomic E-state index is 0.0108. The molecule has 1 aliphatic rings. The molecular weight excluding hydrogens is 355 g/mol. The first-order valence-corrected chi connectivity index (χ1v) is 8.19. The van der Waals surface area contributed by atoms with E-state index in [1.807, 2.05) is 0 Å². The van der Waals surface area contributed by atoms with Crippen LogP contribution in [0.3, 0.4) is 0 Å². The number of aryl methyl sites for hydroxylation is 1. The number of Topliss-reactive ketones (excluding diaryl/α,β-unsaturated/α-hetero) is 1. The number of alkyl halides is 1. The van der Waals surface area contributed by atoms with E-state index < -0.39 is 29.2 Å². The normalized spacial score (nSPS) is 22.5. The molecule has 25 heavy (non-hydrogen) atoms. The molecule has 0 saturated carbocycles. The van der Waals surface area contributed by atoms with Gasteiger partial charge in [-0.3, -0.25) is 9.78 Å². The molecule has 1 aromatic heterocycles. The molecule has 0 bridgehead atoms. The molecule has 1 heterocycles. The molecule has 132 valence electrons. The first-order chi connectivity index (χ1) is 11.8. The summed E-state index contributed by atoms with van der Waals surface area (Å²) in [5.41, 5.74) is -2.12. The second-order valence-corrected chi connectivity index (χ2v) is 6.51. The molecule has 1 aliphatic carbocycles. The van der Waals surface area contributed by atoms with Gasteiger partial charge in [0.1, 0.15) is 11.6 Å². The standard InChI is InChI=1S/C18H15ClF3NO2/c19-14-8-11(20)3-1-10(14)2-4-16(25)18(22)6-5-15(24)17-13(18)7-12(21)9-23-17/h1,3,7-9,15,24H,2,4-6H2/t15-,18-/m0/s1. The Hall–Kier alpha value is -1.92. The average Bonchev–Trinajstić information content (AvgIpc) is 2.57. The van der Waals surface area contributed by atoms with E-state index in [0.717, 1.165) is 18.3 Å². The van der Waals surface area contributed by atoms with E-state index in [2.05, 4.69) is 4.98 Å². The molecule has 0 unspecified atom stereocenters. The predicted octanol–water partition coefficient (Wildman–Crippen LogP) is 4.21. The van der Waals surface area contributed by atoms with Crippen LogP contribution in [0.4, 0.5) is 13.2 Å². The molecule has 2 aromatic rings. The van der Waals surface area contributed by atoms with Crippen molar-refractivity contribution in [2.45, 2.75) is 37.5 Å². The summed E-state index contributed by atoms with van der Waals surface area (Å²) >= 11 is 5.92. The Balaban J connectivity index is 1.84. The number of hydrogen-bond donors (Lipinski definition) is 1. The third-order valence-electron chi connectivity index (χ3n) is 4.47. The fraction of sp³-hybridized carbons (Fsp3) is 0.333. The number of halogens is 4. The average molecular weight is 370 g/mol. The lowest BCUT2D eigenvalue weighted by molar-refractivity contribution is -0.133. The number of fused-ring (bicyclic) bond motifs is 1. The molecule has 2 atom stereocenters. The second-order valence-electron chi connectivity index (χ2n) is 6.10. The Bertz CT molecular complexity index is 830. The van der Waals surface area contributed by atoms with Crippen LogP contribution >= 0.6 is 11.6 Å². The van der Waals surface area contributed by atoms with Crippen molar-refractivity contribution in [3.05, 3.63) is 63.9 Å². The summed E-state index contributed by atoms with van der Waals surface area (Å²) in [6, 6.07) is 4.68. The Morgan fingerprint density at radius 2 is 2.08 bits per heavy atom. The maximum Gasteiger partial charge on any atom is 0.195 e. The number of carbonyl (C=O) groups is 1. The second kappa shape index (κ2) is 6.77. The molecular formula is C18H15ClF3NO2. The zero-order valence-corrected chi connectivity index (χ0v) is 13.9. The van der Waals surface area contributed by atoms with Gasteiger partial charge < -0.3 is 5.11 Å². The van der Waals surface area contributed by atoms with Gasteiger partial charge in [0, 0.05) is 17.0 Å². The van der Waals surface area contributed by atoms with Crippen LogP contribution in [0.5, 0.6) is 0 Å². The van der Waals surface area contributed by atoms with Crippen molar-refractivity contribution in [1.82, 2.24) is 4.98 Å². The van der Waals surface area contributed by atoms with Gasteiger partial charge in [-0.15, -0.1) is 0 Å². The van der Waals surface area contributed by atoms with Crippen molar-refractivity contribution in [2.24, 2.45) is 0 Å². The van der Waals surface area contributed by atoms with Gasteiger partial charge in [-0.05, 0) is 43.0 Å². The highest BCUT2D eigenvalue weighted by molar-refractivity contribution is 6.31.